The van der Waals surface area contributed by atoms with Crippen LogP contribution in [0.15, 0.2) is 36.4 Å². The highest BCUT2D eigenvalue weighted by molar-refractivity contribution is 5.70. The topological polar surface area (TPSA) is 12.5 Å². The van der Waals surface area contributed by atoms with Crippen LogP contribution >= 0.6 is 0 Å². The lowest BCUT2D eigenvalue weighted by Crippen LogP contribution is -2.26. The number of ether oxygens (including phenoxy) is 1. The first-order valence-electron chi connectivity index (χ1n) is 9.82. The molecule has 1 fully saturated rings. The molecular formula is C23H32FNO. The third-order valence-corrected chi connectivity index (χ3v) is 5.11. The maximum Gasteiger partial charge on any atom is 0.131 e. The molecule has 1 unspecified atom stereocenters. The second-order valence-corrected chi connectivity index (χ2v) is 6.65. The van der Waals surface area contributed by atoms with E-state index in [4.69, 9.17) is 4.74 Å². The summed E-state index contributed by atoms with van der Waals surface area (Å²) < 4.78 is 19.8. The molecule has 0 aliphatic carbocycles. The van der Waals surface area contributed by atoms with Crippen LogP contribution in [0, 0.1) is 5.82 Å². The van der Waals surface area contributed by atoms with Crippen LogP contribution in [0.5, 0.6) is 5.75 Å². The molecule has 1 saturated heterocycles. The van der Waals surface area contributed by atoms with E-state index >= 15 is 0 Å². The fourth-order valence-corrected chi connectivity index (χ4v) is 3.54. The molecule has 2 aromatic carbocycles. The van der Waals surface area contributed by atoms with E-state index in [9.17, 15) is 4.39 Å². The minimum Gasteiger partial charge on any atom is -0.497 e. The van der Waals surface area contributed by atoms with Gasteiger partial charge in [0.15, 0.2) is 0 Å². The number of hydrogen-bond donors (Lipinski definition) is 0. The molecule has 3 rings (SSSR count). The van der Waals surface area contributed by atoms with Crippen LogP contribution in [0.25, 0.3) is 11.1 Å². The van der Waals surface area contributed by atoms with Crippen LogP contribution in [0.3, 0.4) is 0 Å². The van der Waals surface area contributed by atoms with Crippen LogP contribution in [-0.4, -0.2) is 24.6 Å². The summed E-state index contributed by atoms with van der Waals surface area (Å²) in [7, 11) is 1.62. The van der Waals surface area contributed by atoms with Gasteiger partial charge in [-0.2, -0.15) is 0 Å². The molecule has 0 N–H and O–H groups in total. The molecule has 0 bridgehead atoms. The second-order valence-electron chi connectivity index (χ2n) is 6.65. The minimum atomic E-state index is -0.198. The zero-order valence-electron chi connectivity index (χ0n) is 16.8. The average Bonchev–Trinajstić information content (AvgIpc) is 3.08. The van der Waals surface area contributed by atoms with Crippen LogP contribution in [0.1, 0.15) is 51.7 Å². The van der Waals surface area contributed by atoms with E-state index in [1.807, 2.05) is 13.8 Å². The highest BCUT2D eigenvalue weighted by atomic mass is 19.1. The van der Waals surface area contributed by atoms with Crippen molar-refractivity contribution in [3.63, 3.8) is 0 Å². The summed E-state index contributed by atoms with van der Waals surface area (Å²) in [4.78, 5) is 2.50. The van der Waals surface area contributed by atoms with Gasteiger partial charge in [0.05, 0.1) is 7.11 Å². The molecule has 0 radical (unpaired) electrons. The predicted octanol–water partition coefficient (Wildman–Crippen LogP) is 6.07. The number of halogens is 1. The molecule has 1 aliphatic rings. The molecule has 1 heterocycles. The van der Waals surface area contributed by atoms with Gasteiger partial charge in [0, 0.05) is 18.2 Å². The Morgan fingerprint density at radius 1 is 1.12 bits per heavy atom. The minimum absolute atomic E-state index is 0.198. The number of rotatable bonds is 5. The molecule has 1 atom stereocenters. The fraction of sp³-hybridized carbons (Fsp3) is 0.478. The zero-order chi connectivity index (χ0) is 19.1. The average molecular weight is 358 g/mol. The predicted molar refractivity (Wildman–Crippen MR) is 108 cm³/mol. The monoisotopic (exact) mass is 357 g/mol. The maximum atomic E-state index is 14.5. The summed E-state index contributed by atoms with van der Waals surface area (Å²) in [6.07, 6.45) is 3.48. The van der Waals surface area contributed by atoms with Gasteiger partial charge in [0.25, 0.3) is 0 Å². The lowest BCUT2D eigenvalue weighted by molar-refractivity contribution is 0.260. The Morgan fingerprint density at radius 2 is 1.88 bits per heavy atom. The Hall–Kier alpha value is -1.87. The molecule has 0 aromatic heterocycles. The first-order valence-corrected chi connectivity index (χ1v) is 9.82. The largest absolute Gasteiger partial charge is 0.497 e. The SMILES string of the molecule is CC.CCc1ccc(-c2cc(OC)ccc2F)c(CN2CCCC2C)c1. The van der Waals surface area contributed by atoms with Crippen molar-refractivity contribution in [2.75, 3.05) is 13.7 Å². The Balaban J connectivity index is 0.00000117. The molecule has 3 heteroatoms. The lowest BCUT2D eigenvalue weighted by Gasteiger charge is -2.23. The highest BCUT2D eigenvalue weighted by Gasteiger charge is 2.22. The van der Waals surface area contributed by atoms with E-state index in [2.05, 4.69) is 36.9 Å². The summed E-state index contributed by atoms with van der Waals surface area (Å²) in [5, 5.41) is 0. The molecule has 26 heavy (non-hydrogen) atoms. The highest BCUT2D eigenvalue weighted by Crippen LogP contribution is 2.32. The molecule has 1 aliphatic heterocycles. The van der Waals surface area contributed by atoms with Gasteiger partial charge in [0.2, 0.25) is 0 Å². The standard InChI is InChI=1S/C21H26FNO.C2H6/c1-4-16-7-9-19(20-13-18(24-3)8-10-21(20)22)17(12-16)14-23-11-5-6-15(23)2;1-2/h7-10,12-13,15H,4-6,11,14H2,1-3H3;1-2H3. The number of aryl methyl sites for hydroxylation is 1. The molecule has 2 aromatic rings. The van der Waals surface area contributed by atoms with Gasteiger partial charge in [-0.05, 0) is 67.6 Å². The van der Waals surface area contributed by atoms with Crippen molar-refractivity contribution in [1.29, 1.82) is 0 Å². The Bertz CT molecular complexity index is 713. The van der Waals surface area contributed by atoms with Crippen LogP contribution in [0.4, 0.5) is 4.39 Å². The molecule has 0 amide bonds. The van der Waals surface area contributed by atoms with Crippen molar-refractivity contribution in [2.24, 2.45) is 0 Å². The third-order valence-electron chi connectivity index (χ3n) is 5.11. The summed E-state index contributed by atoms with van der Waals surface area (Å²) >= 11 is 0. The molecule has 142 valence electrons. The Kier molecular flexibility index (Phi) is 7.65. The summed E-state index contributed by atoms with van der Waals surface area (Å²) in [6.45, 7) is 10.4. The maximum absolute atomic E-state index is 14.5. The zero-order valence-corrected chi connectivity index (χ0v) is 16.8. The second kappa shape index (κ2) is 9.72. The van der Waals surface area contributed by atoms with E-state index in [0.29, 0.717) is 17.4 Å². The van der Waals surface area contributed by atoms with Crippen molar-refractivity contribution in [3.05, 3.63) is 53.3 Å². The van der Waals surface area contributed by atoms with Crippen LogP contribution in [0.2, 0.25) is 0 Å². The van der Waals surface area contributed by atoms with Crippen LogP contribution in [-0.2, 0) is 13.0 Å². The summed E-state index contributed by atoms with van der Waals surface area (Å²) in [5.41, 5.74) is 4.10. The van der Waals surface area contributed by atoms with Crippen molar-refractivity contribution < 1.29 is 9.13 Å². The van der Waals surface area contributed by atoms with Crippen molar-refractivity contribution in [1.82, 2.24) is 4.90 Å². The molecule has 0 saturated carbocycles. The van der Waals surface area contributed by atoms with E-state index in [-0.39, 0.29) is 5.82 Å². The van der Waals surface area contributed by atoms with E-state index in [0.717, 1.165) is 25.1 Å². The van der Waals surface area contributed by atoms with E-state index < -0.39 is 0 Å². The van der Waals surface area contributed by atoms with Gasteiger partial charge in [-0.15, -0.1) is 0 Å². The number of nitrogens with zero attached hydrogens (tertiary/aromatic N) is 1. The van der Waals surface area contributed by atoms with Crippen molar-refractivity contribution in [2.45, 2.75) is 59.5 Å². The van der Waals surface area contributed by atoms with Gasteiger partial charge < -0.3 is 4.74 Å². The fourth-order valence-electron chi connectivity index (χ4n) is 3.54. The molecule has 2 nitrogen and oxygen atoms in total. The smallest absolute Gasteiger partial charge is 0.131 e. The first-order chi connectivity index (χ1) is 12.6. The van der Waals surface area contributed by atoms with Gasteiger partial charge in [0.1, 0.15) is 11.6 Å². The van der Waals surface area contributed by atoms with Crippen molar-refractivity contribution >= 4 is 0 Å². The molecular weight excluding hydrogens is 325 g/mol. The van der Waals surface area contributed by atoms with E-state index in [1.54, 1.807) is 19.2 Å². The molecule has 0 spiro atoms. The third kappa shape index (κ3) is 4.64. The van der Waals surface area contributed by atoms with Gasteiger partial charge in [-0.1, -0.05) is 39.0 Å². The lowest BCUT2D eigenvalue weighted by atomic mass is 9.95. The Morgan fingerprint density at radius 3 is 2.50 bits per heavy atom. The number of likely N-dealkylation sites (tertiary alicyclic amines) is 1. The van der Waals surface area contributed by atoms with Crippen LogP contribution < -0.4 is 4.74 Å². The first kappa shape index (κ1) is 20.4. The quantitative estimate of drug-likeness (QED) is 0.643. The van der Waals surface area contributed by atoms with Gasteiger partial charge in [-0.3, -0.25) is 4.90 Å². The summed E-state index contributed by atoms with van der Waals surface area (Å²) in [5.74, 6) is 0.488. The number of hydrogen-bond acceptors (Lipinski definition) is 2. The number of benzene rings is 2. The summed E-state index contributed by atoms with van der Waals surface area (Å²) in [6, 6.07) is 12.0. The van der Waals surface area contributed by atoms with Gasteiger partial charge in [-0.25, -0.2) is 4.39 Å². The van der Waals surface area contributed by atoms with Crippen molar-refractivity contribution in [3.8, 4) is 16.9 Å². The van der Waals surface area contributed by atoms with Gasteiger partial charge >= 0.3 is 0 Å². The Labute approximate surface area is 158 Å². The van der Waals surface area contributed by atoms with E-state index in [1.165, 1.54) is 30.0 Å². The normalized spacial score (nSPS) is 16.9. The number of methoxy groups -OCH3 is 1.